The molecular weight excluding hydrogens is 347 g/mol. The number of aliphatic hydroxyl groups excluding tert-OH is 1. The second kappa shape index (κ2) is 7.48. The predicted octanol–water partition coefficient (Wildman–Crippen LogP) is 6.43. The van der Waals surface area contributed by atoms with E-state index in [1.54, 1.807) is 23.9 Å². The lowest BCUT2D eigenvalue weighted by atomic mass is 9.87. The van der Waals surface area contributed by atoms with Gasteiger partial charge in [0, 0.05) is 10.6 Å². The molecule has 0 fully saturated rings. The van der Waals surface area contributed by atoms with Crippen molar-refractivity contribution >= 4 is 35.0 Å². The largest absolute Gasteiger partial charge is 0.388 e. The SMILES string of the molecule is Cc1ccc(C(C)(C)C)cc1SC[C@H](O)c1ccc(Cl)c(Cl)c1. The molecule has 23 heavy (non-hydrogen) atoms. The molecule has 0 bridgehead atoms. The van der Waals surface area contributed by atoms with Gasteiger partial charge in [-0.05, 0) is 47.2 Å². The highest BCUT2D eigenvalue weighted by atomic mass is 35.5. The zero-order valence-electron chi connectivity index (χ0n) is 13.9. The first-order valence-electron chi connectivity index (χ1n) is 7.55. The fourth-order valence-corrected chi connectivity index (χ4v) is 3.55. The summed E-state index contributed by atoms with van der Waals surface area (Å²) >= 11 is 13.6. The van der Waals surface area contributed by atoms with Crippen LogP contribution >= 0.6 is 35.0 Å². The van der Waals surface area contributed by atoms with Gasteiger partial charge in [-0.2, -0.15) is 0 Å². The van der Waals surface area contributed by atoms with E-state index in [9.17, 15) is 5.11 Å². The first-order chi connectivity index (χ1) is 10.7. The van der Waals surface area contributed by atoms with Crippen LogP contribution in [0.25, 0.3) is 0 Å². The van der Waals surface area contributed by atoms with Crippen molar-refractivity contribution in [2.45, 2.75) is 44.1 Å². The van der Waals surface area contributed by atoms with Gasteiger partial charge in [-0.25, -0.2) is 0 Å². The van der Waals surface area contributed by atoms with E-state index >= 15 is 0 Å². The zero-order chi connectivity index (χ0) is 17.2. The van der Waals surface area contributed by atoms with Crippen LogP contribution in [-0.4, -0.2) is 10.9 Å². The van der Waals surface area contributed by atoms with Crippen LogP contribution in [0.3, 0.4) is 0 Å². The lowest BCUT2D eigenvalue weighted by Gasteiger charge is -2.21. The van der Waals surface area contributed by atoms with E-state index in [2.05, 4.69) is 45.9 Å². The quantitative estimate of drug-likeness (QED) is 0.627. The van der Waals surface area contributed by atoms with Crippen LogP contribution in [0.15, 0.2) is 41.3 Å². The van der Waals surface area contributed by atoms with Crippen molar-refractivity contribution in [1.29, 1.82) is 0 Å². The van der Waals surface area contributed by atoms with Gasteiger partial charge in [0.05, 0.1) is 16.1 Å². The van der Waals surface area contributed by atoms with E-state index in [1.165, 1.54) is 16.0 Å². The average molecular weight is 369 g/mol. The standard InChI is InChI=1S/C19H22Cl2OS/c1-12-5-7-14(19(2,3)4)10-18(12)23-11-17(22)13-6-8-15(20)16(21)9-13/h5-10,17,22H,11H2,1-4H3/t17-/m0/s1. The fraction of sp³-hybridized carbons (Fsp3) is 0.368. The Balaban J connectivity index is 2.12. The molecule has 0 aliphatic rings. The molecule has 0 unspecified atom stereocenters. The minimum atomic E-state index is -0.576. The van der Waals surface area contributed by atoms with E-state index in [1.807, 2.05) is 6.07 Å². The summed E-state index contributed by atoms with van der Waals surface area (Å²) in [4.78, 5) is 1.21. The van der Waals surface area contributed by atoms with Crippen LogP contribution < -0.4 is 0 Å². The second-order valence-corrected chi connectivity index (χ2v) is 8.61. The van der Waals surface area contributed by atoms with Crippen LogP contribution in [0.2, 0.25) is 10.0 Å². The molecule has 0 aliphatic heterocycles. The highest BCUT2D eigenvalue weighted by molar-refractivity contribution is 7.99. The monoisotopic (exact) mass is 368 g/mol. The van der Waals surface area contributed by atoms with Crippen LogP contribution in [0.1, 0.15) is 43.6 Å². The highest BCUT2D eigenvalue weighted by Gasteiger charge is 2.16. The molecule has 1 nitrogen and oxygen atoms in total. The highest BCUT2D eigenvalue weighted by Crippen LogP contribution is 2.33. The van der Waals surface area contributed by atoms with Crippen molar-refractivity contribution in [3.05, 3.63) is 63.1 Å². The molecule has 0 heterocycles. The van der Waals surface area contributed by atoms with Crippen molar-refractivity contribution in [2.75, 3.05) is 5.75 Å². The van der Waals surface area contributed by atoms with Gasteiger partial charge in [0.25, 0.3) is 0 Å². The predicted molar refractivity (Wildman–Crippen MR) is 102 cm³/mol. The maximum absolute atomic E-state index is 10.4. The Morgan fingerprint density at radius 3 is 2.35 bits per heavy atom. The molecule has 2 rings (SSSR count). The Kier molecular flexibility index (Phi) is 6.07. The maximum Gasteiger partial charge on any atom is 0.0884 e. The third-order valence-electron chi connectivity index (χ3n) is 3.78. The number of benzene rings is 2. The van der Waals surface area contributed by atoms with Crippen LogP contribution in [0, 0.1) is 6.92 Å². The number of aliphatic hydroxyl groups is 1. The number of thioether (sulfide) groups is 1. The molecule has 0 saturated carbocycles. The minimum absolute atomic E-state index is 0.116. The summed E-state index contributed by atoms with van der Waals surface area (Å²) in [6, 6.07) is 11.8. The lowest BCUT2D eigenvalue weighted by molar-refractivity contribution is 0.204. The molecule has 2 aromatic carbocycles. The molecule has 4 heteroatoms. The van der Waals surface area contributed by atoms with Gasteiger partial charge < -0.3 is 5.11 Å². The molecule has 0 aromatic heterocycles. The lowest BCUT2D eigenvalue weighted by Crippen LogP contribution is -2.11. The molecule has 124 valence electrons. The molecule has 0 spiro atoms. The van der Waals surface area contributed by atoms with E-state index in [4.69, 9.17) is 23.2 Å². The Bertz CT molecular complexity index is 692. The summed E-state index contributed by atoms with van der Waals surface area (Å²) in [7, 11) is 0. The van der Waals surface area contributed by atoms with Crippen molar-refractivity contribution in [3.8, 4) is 0 Å². The third-order valence-corrected chi connectivity index (χ3v) is 5.75. The Morgan fingerprint density at radius 1 is 1.04 bits per heavy atom. The van der Waals surface area contributed by atoms with E-state index in [0.29, 0.717) is 15.8 Å². The molecule has 0 amide bonds. The van der Waals surface area contributed by atoms with Crippen molar-refractivity contribution in [2.24, 2.45) is 0 Å². The first-order valence-corrected chi connectivity index (χ1v) is 9.29. The third kappa shape index (κ3) is 4.90. The van der Waals surface area contributed by atoms with Crippen LogP contribution in [0.4, 0.5) is 0 Å². The molecule has 0 aliphatic carbocycles. The minimum Gasteiger partial charge on any atom is -0.388 e. The molecule has 0 radical (unpaired) electrons. The van der Waals surface area contributed by atoms with Crippen LogP contribution in [0.5, 0.6) is 0 Å². The smallest absolute Gasteiger partial charge is 0.0884 e. The van der Waals surface area contributed by atoms with E-state index in [0.717, 1.165) is 5.56 Å². The summed E-state index contributed by atoms with van der Waals surface area (Å²) in [5.41, 5.74) is 3.43. The Labute approximate surface area is 153 Å². The number of halogens is 2. The van der Waals surface area contributed by atoms with Crippen molar-refractivity contribution < 1.29 is 5.11 Å². The summed E-state index contributed by atoms with van der Waals surface area (Å²) in [5, 5.41) is 11.4. The maximum atomic E-state index is 10.4. The molecule has 1 N–H and O–H groups in total. The van der Waals surface area contributed by atoms with Gasteiger partial charge >= 0.3 is 0 Å². The molecule has 0 saturated heterocycles. The summed E-state index contributed by atoms with van der Waals surface area (Å²) in [5.74, 6) is 0.576. The van der Waals surface area contributed by atoms with Gasteiger partial charge in [0.2, 0.25) is 0 Å². The number of hydrogen-bond acceptors (Lipinski definition) is 2. The average Bonchev–Trinajstić information content (AvgIpc) is 2.47. The number of aryl methyl sites for hydroxylation is 1. The van der Waals surface area contributed by atoms with E-state index in [-0.39, 0.29) is 5.41 Å². The van der Waals surface area contributed by atoms with Gasteiger partial charge in [-0.1, -0.05) is 62.2 Å². The normalized spacial score (nSPS) is 13.2. The molecular formula is C19H22Cl2OS. The summed E-state index contributed by atoms with van der Waals surface area (Å²) < 4.78 is 0. The van der Waals surface area contributed by atoms with Crippen LogP contribution in [-0.2, 0) is 5.41 Å². The number of rotatable bonds is 4. The summed E-state index contributed by atoms with van der Waals surface area (Å²) in [6.45, 7) is 8.71. The zero-order valence-corrected chi connectivity index (χ0v) is 16.2. The van der Waals surface area contributed by atoms with Gasteiger partial charge in [-0.15, -0.1) is 11.8 Å². The number of hydrogen-bond donors (Lipinski definition) is 1. The molecule has 2 aromatic rings. The van der Waals surface area contributed by atoms with Gasteiger partial charge in [0.15, 0.2) is 0 Å². The topological polar surface area (TPSA) is 20.2 Å². The van der Waals surface area contributed by atoms with E-state index < -0.39 is 6.10 Å². The summed E-state index contributed by atoms with van der Waals surface area (Å²) in [6.07, 6.45) is -0.576. The van der Waals surface area contributed by atoms with Gasteiger partial charge in [-0.3, -0.25) is 0 Å². The Hall–Kier alpha value is -0.670. The Morgan fingerprint density at radius 2 is 1.74 bits per heavy atom. The first kappa shape index (κ1) is 18.7. The molecule has 1 atom stereocenters. The van der Waals surface area contributed by atoms with Crippen molar-refractivity contribution in [1.82, 2.24) is 0 Å². The fourth-order valence-electron chi connectivity index (χ4n) is 2.21. The van der Waals surface area contributed by atoms with Crippen molar-refractivity contribution in [3.63, 3.8) is 0 Å². The second-order valence-electron chi connectivity index (χ2n) is 6.73. The van der Waals surface area contributed by atoms with Gasteiger partial charge in [0.1, 0.15) is 0 Å².